The van der Waals surface area contributed by atoms with Crippen LogP contribution in [0.15, 0.2) is 54.6 Å². The van der Waals surface area contributed by atoms with Crippen LogP contribution in [0.3, 0.4) is 0 Å². The van der Waals surface area contributed by atoms with E-state index in [9.17, 15) is 4.79 Å². The molecule has 0 aliphatic carbocycles. The Labute approximate surface area is 160 Å². The molecule has 2 aromatic carbocycles. The Hall–Kier alpha value is -2.75. The maximum Gasteiger partial charge on any atom is 0.241 e. The highest BCUT2D eigenvalue weighted by molar-refractivity contribution is 5.91. The molecule has 1 N–H and O–H groups in total. The smallest absolute Gasteiger partial charge is 0.241 e. The Balaban J connectivity index is 1.72. The normalized spacial score (nSPS) is 22.6. The highest BCUT2D eigenvalue weighted by atomic mass is 16.5. The summed E-state index contributed by atoms with van der Waals surface area (Å²) in [5, 5.41) is 3.25. The third-order valence-electron chi connectivity index (χ3n) is 5.73. The van der Waals surface area contributed by atoms with E-state index in [1.807, 2.05) is 24.3 Å². The van der Waals surface area contributed by atoms with Gasteiger partial charge in [-0.3, -0.25) is 4.79 Å². The SMILES string of the molecule is CCCOc1cccc(C=C[C@@]23NC(=O)CN2c2ccccc2C3(C)C)c1. The molecule has 1 atom stereocenters. The van der Waals surface area contributed by atoms with Gasteiger partial charge in [0.15, 0.2) is 0 Å². The van der Waals surface area contributed by atoms with Gasteiger partial charge in [-0.1, -0.05) is 57.2 Å². The van der Waals surface area contributed by atoms with Crippen LogP contribution in [-0.4, -0.2) is 24.7 Å². The van der Waals surface area contributed by atoms with Crippen molar-refractivity contribution in [2.45, 2.75) is 38.3 Å². The third-order valence-corrected chi connectivity index (χ3v) is 5.73. The van der Waals surface area contributed by atoms with Crippen molar-refractivity contribution in [2.24, 2.45) is 0 Å². The van der Waals surface area contributed by atoms with Gasteiger partial charge in [-0.15, -0.1) is 0 Å². The van der Waals surface area contributed by atoms with Crippen LogP contribution in [0.4, 0.5) is 5.69 Å². The number of carbonyl (C=O) groups is 1. The third kappa shape index (κ3) is 2.71. The van der Waals surface area contributed by atoms with E-state index in [2.05, 4.69) is 67.4 Å². The number of hydrogen-bond donors (Lipinski definition) is 1. The Morgan fingerprint density at radius 2 is 2.00 bits per heavy atom. The topological polar surface area (TPSA) is 41.6 Å². The van der Waals surface area contributed by atoms with Gasteiger partial charge in [-0.2, -0.15) is 0 Å². The summed E-state index contributed by atoms with van der Waals surface area (Å²) in [5.41, 5.74) is 2.64. The van der Waals surface area contributed by atoms with Crippen LogP contribution in [0.2, 0.25) is 0 Å². The molecular formula is C23H26N2O2. The van der Waals surface area contributed by atoms with Crippen molar-refractivity contribution in [1.82, 2.24) is 5.32 Å². The van der Waals surface area contributed by atoms with Crippen LogP contribution in [0.5, 0.6) is 5.75 Å². The Bertz CT molecular complexity index is 903. The van der Waals surface area contributed by atoms with Gasteiger partial charge in [0.05, 0.1) is 13.2 Å². The second-order valence-electron chi connectivity index (χ2n) is 7.80. The van der Waals surface area contributed by atoms with Crippen molar-refractivity contribution in [3.63, 3.8) is 0 Å². The van der Waals surface area contributed by atoms with Crippen molar-refractivity contribution in [1.29, 1.82) is 0 Å². The molecule has 1 saturated heterocycles. The van der Waals surface area contributed by atoms with Gasteiger partial charge in [-0.25, -0.2) is 0 Å². The minimum absolute atomic E-state index is 0.0576. The van der Waals surface area contributed by atoms with E-state index in [0.29, 0.717) is 13.2 Å². The molecule has 4 rings (SSSR count). The quantitative estimate of drug-likeness (QED) is 0.870. The molecule has 0 unspecified atom stereocenters. The molecule has 2 aliphatic heterocycles. The molecule has 0 spiro atoms. The first kappa shape index (κ1) is 17.7. The first-order chi connectivity index (χ1) is 13.0. The second-order valence-corrected chi connectivity index (χ2v) is 7.80. The molecule has 4 nitrogen and oxygen atoms in total. The molecule has 2 aliphatic rings. The number of fused-ring (bicyclic) bond motifs is 3. The highest BCUT2D eigenvalue weighted by Crippen LogP contribution is 2.52. The van der Waals surface area contributed by atoms with E-state index in [-0.39, 0.29) is 11.3 Å². The predicted molar refractivity (Wildman–Crippen MR) is 109 cm³/mol. The molecule has 27 heavy (non-hydrogen) atoms. The molecule has 1 fully saturated rings. The van der Waals surface area contributed by atoms with E-state index in [1.54, 1.807) is 0 Å². The summed E-state index contributed by atoms with van der Waals surface area (Å²) in [6.45, 7) is 7.58. The van der Waals surface area contributed by atoms with Gasteiger partial charge >= 0.3 is 0 Å². The summed E-state index contributed by atoms with van der Waals surface area (Å²) in [5.74, 6) is 0.931. The lowest BCUT2D eigenvalue weighted by molar-refractivity contribution is -0.118. The number of para-hydroxylation sites is 1. The number of anilines is 1. The molecule has 0 aromatic heterocycles. The van der Waals surface area contributed by atoms with Crippen LogP contribution in [-0.2, 0) is 10.2 Å². The number of nitrogens with one attached hydrogen (secondary N) is 1. The van der Waals surface area contributed by atoms with Gasteiger partial charge in [-0.05, 0) is 41.8 Å². The van der Waals surface area contributed by atoms with Gasteiger partial charge in [0.2, 0.25) is 5.91 Å². The van der Waals surface area contributed by atoms with Crippen LogP contribution in [0.25, 0.3) is 6.08 Å². The lowest BCUT2D eigenvalue weighted by atomic mass is 9.75. The first-order valence-corrected chi connectivity index (χ1v) is 9.58. The zero-order valence-electron chi connectivity index (χ0n) is 16.2. The summed E-state index contributed by atoms with van der Waals surface area (Å²) in [6, 6.07) is 16.4. The van der Waals surface area contributed by atoms with E-state index in [0.717, 1.165) is 23.4 Å². The summed E-state index contributed by atoms with van der Waals surface area (Å²) in [4.78, 5) is 14.5. The van der Waals surface area contributed by atoms with Crippen LogP contribution in [0, 0.1) is 0 Å². The number of benzene rings is 2. The monoisotopic (exact) mass is 362 g/mol. The van der Waals surface area contributed by atoms with Gasteiger partial charge in [0.1, 0.15) is 11.4 Å². The fraction of sp³-hybridized carbons (Fsp3) is 0.348. The Morgan fingerprint density at radius 1 is 1.19 bits per heavy atom. The first-order valence-electron chi connectivity index (χ1n) is 9.58. The Morgan fingerprint density at radius 3 is 2.81 bits per heavy atom. The van der Waals surface area contributed by atoms with Crippen LogP contribution >= 0.6 is 0 Å². The molecule has 1 amide bonds. The highest BCUT2D eigenvalue weighted by Gasteiger charge is 2.59. The second kappa shape index (κ2) is 6.45. The zero-order valence-corrected chi connectivity index (χ0v) is 16.2. The number of ether oxygens (including phenoxy) is 1. The maximum atomic E-state index is 12.3. The van der Waals surface area contributed by atoms with Crippen molar-refractivity contribution in [3.05, 3.63) is 65.7 Å². The zero-order chi connectivity index (χ0) is 19.1. The lowest BCUT2D eigenvalue weighted by Crippen LogP contribution is -2.58. The minimum Gasteiger partial charge on any atom is -0.494 e. The van der Waals surface area contributed by atoms with Crippen LogP contribution < -0.4 is 15.0 Å². The largest absolute Gasteiger partial charge is 0.494 e. The maximum absolute atomic E-state index is 12.3. The number of carbonyl (C=O) groups excluding carboxylic acids is 1. The van der Waals surface area contributed by atoms with E-state index in [4.69, 9.17) is 4.74 Å². The molecule has 0 bridgehead atoms. The van der Waals surface area contributed by atoms with Crippen LogP contribution in [0.1, 0.15) is 38.3 Å². The summed E-state index contributed by atoms with van der Waals surface area (Å²) >= 11 is 0. The molecular weight excluding hydrogens is 336 g/mol. The van der Waals surface area contributed by atoms with Gasteiger partial charge in [0.25, 0.3) is 0 Å². The molecule has 0 radical (unpaired) electrons. The molecule has 140 valence electrons. The summed E-state index contributed by atoms with van der Waals surface area (Å²) < 4.78 is 5.75. The average Bonchev–Trinajstić information content (AvgIpc) is 3.10. The molecule has 2 heterocycles. The van der Waals surface area contributed by atoms with Crippen molar-refractivity contribution >= 4 is 17.7 Å². The number of amides is 1. The minimum atomic E-state index is -0.561. The van der Waals surface area contributed by atoms with Crippen molar-refractivity contribution in [3.8, 4) is 5.75 Å². The number of rotatable bonds is 5. The lowest BCUT2D eigenvalue weighted by Gasteiger charge is -2.40. The van der Waals surface area contributed by atoms with Gasteiger partial charge in [0, 0.05) is 11.1 Å². The predicted octanol–water partition coefficient (Wildman–Crippen LogP) is 4.11. The van der Waals surface area contributed by atoms with Gasteiger partial charge < -0.3 is 15.0 Å². The molecule has 4 heteroatoms. The summed E-state index contributed by atoms with van der Waals surface area (Å²) in [6.07, 6.45) is 5.21. The Kier molecular flexibility index (Phi) is 4.22. The van der Waals surface area contributed by atoms with E-state index < -0.39 is 5.66 Å². The fourth-order valence-electron chi connectivity index (χ4n) is 4.28. The van der Waals surface area contributed by atoms with Crippen molar-refractivity contribution < 1.29 is 9.53 Å². The average molecular weight is 362 g/mol. The molecule has 0 saturated carbocycles. The van der Waals surface area contributed by atoms with E-state index >= 15 is 0 Å². The molecule has 2 aromatic rings. The van der Waals surface area contributed by atoms with E-state index in [1.165, 1.54) is 5.56 Å². The van der Waals surface area contributed by atoms with Crippen molar-refractivity contribution in [2.75, 3.05) is 18.1 Å². The number of hydrogen-bond acceptors (Lipinski definition) is 3. The fourth-order valence-corrected chi connectivity index (χ4v) is 4.28. The standard InChI is InChI=1S/C23H26N2O2/c1-4-14-27-18-9-7-8-17(15-18)12-13-23-22(2,3)19-10-5-6-11-20(19)25(23)16-21(26)24-23/h5-13,15H,4,14,16H2,1-3H3,(H,24,26)/t23-/m1/s1. The summed E-state index contributed by atoms with van der Waals surface area (Å²) in [7, 11) is 0. The number of nitrogens with zero attached hydrogens (tertiary/aromatic N) is 1.